The van der Waals surface area contributed by atoms with E-state index in [1.807, 2.05) is 0 Å². The van der Waals surface area contributed by atoms with E-state index in [1.54, 1.807) is 18.2 Å². The van der Waals surface area contributed by atoms with Crippen molar-refractivity contribution < 1.29 is 13.2 Å². The van der Waals surface area contributed by atoms with Crippen molar-refractivity contribution in [3.8, 4) is 0 Å². The Morgan fingerprint density at radius 1 is 1.45 bits per heavy atom. The fraction of sp³-hybridized carbons (Fsp3) is 0.538. The zero-order chi connectivity index (χ0) is 14.6. The number of sulfonamides is 1. The van der Waals surface area contributed by atoms with Gasteiger partial charge >= 0.3 is 0 Å². The first-order valence-corrected chi connectivity index (χ1v) is 8.86. The van der Waals surface area contributed by atoms with Crippen molar-refractivity contribution in [2.24, 2.45) is 11.7 Å². The predicted molar refractivity (Wildman–Crippen MR) is 80.8 cm³/mol. The third-order valence-electron chi connectivity index (χ3n) is 3.34. The molecule has 20 heavy (non-hydrogen) atoms. The van der Waals surface area contributed by atoms with Gasteiger partial charge in [0.1, 0.15) is 0 Å². The van der Waals surface area contributed by atoms with E-state index >= 15 is 0 Å². The van der Waals surface area contributed by atoms with Crippen LogP contribution < -0.4 is 10.5 Å². The van der Waals surface area contributed by atoms with Gasteiger partial charge in [-0.05, 0) is 52.4 Å². The second-order valence-corrected chi connectivity index (χ2v) is 7.49. The van der Waals surface area contributed by atoms with Gasteiger partial charge in [0.2, 0.25) is 10.0 Å². The average Bonchev–Trinajstić information content (AvgIpc) is 2.46. The average molecular weight is 363 g/mol. The number of hydrogen-bond acceptors (Lipinski definition) is 4. The first kappa shape index (κ1) is 15.9. The molecule has 3 N–H and O–H groups in total. The van der Waals surface area contributed by atoms with Crippen molar-refractivity contribution >= 4 is 26.0 Å². The van der Waals surface area contributed by atoms with Gasteiger partial charge in [0.05, 0.1) is 11.5 Å². The Hall–Kier alpha value is -0.470. The lowest BCUT2D eigenvalue weighted by atomic mass is 10.0. The molecule has 0 amide bonds. The quantitative estimate of drug-likeness (QED) is 0.833. The van der Waals surface area contributed by atoms with Crippen LogP contribution in [0.4, 0.5) is 0 Å². The third kappa shape index (κ3) is 4.02. The standard InChI is InChI=1S/C13H19BrN2O3S/c14-12-6-10(7-15)3-4-13(12)20(17,18)16-8-11-2-1-5-19-9-11/h3-4,6,11,16H,1-2,5,7-9,15H2. The van der Waals surface area contributed by atoms with Crippen LogP contribution in [0, 0.1) is 5.92 Å². The molecule has 7 heteroatoms. The lowest BCUT2D eigenvalue weighted by molar-refractivity contribution is 0.0568. The van der Waals surface area contributed by atoms with Crippen LogP contribution >= 0.6 is 15.9 Å². The van der Waals surface area contributed by atoms with E-state index in [0.717, 1.165) is 25.0 Å². The molecule has 0 aliphatic carbocycles. The van der Waals surface area contributed by atoms with Gasteiger partial charge in [-0.1, -0.05) is 6.07 Å². The summed E-state index contributed by atoms with van der Waals surface area (Å²) in [5, 5.41) is 0. The first-order valence-electron chi connectivity index (χ1n) is 6.59. The molecular weight excluding hydrogens is 344 g/mol. The van der Waals surface area contributed by atoms with Gasteiger partial charge < -0.3 is 10.5 Å². The first-order chi connectivity index (χ1) is 9.53. The van der Waals surface area contributed by atoms with Gasteiger partial charge in [-0.15, -0.1) is 0 Å². The summed E-state index contributed by atoms with van der Waals surface area (Å²) in [6, 6.07) is 5.04. The largest absolute Gasteiger partial charge is 0.381 e. The molecule has 1 aromatic rings. The van der Waals surface area contributed by atoms with E-state index in [4.69, 9.17) is 10.5 Å². The number of ether oxygens (including phenoxy) is 1. The van der Waals surface area contributed by atoms with Crippen LogP contribution in [-0.4, -0.2) is 28.2 Å². The number of rotatable bonds is 5. The fourth-order valence-corrected chi connectivity index (χ4v) is 4.40. The summed E-state index contributed by atoms with van der Waals surface area (Å²) in [6.45, 7) is 2.18. The van der Waals surface area contributed by atoms with Crippen molar-refractivity contribution in [2.75, 3.05) is 19.8 Å². The minimum atomic E-state index is -3.51. The van der Waals surface area contributed by atoms with Crippen LogP contribution in [0.1, 0.15) is 18.4 Å². The SMILES string of the molecule is NCc1ccc(S(=O)(=O)NCC2CCCOC2)c(Br)c1. The maximum absolute atomic E-state index is 12.3. The van der Waals surface area contributed by atoms with Crippen LogP contribution in [0.3, 0.4) is 0 Å². The summed E-state index contributed by atoms with van der Waals surface area (Å²) in [6.07, 6.45) is 1.98. The molecule has 1 aliphatic rings. The second-order valence-electron chi connectivity index (χ2n) is 4.90. The van der Waals surface area contributed by atoms with Gasteiger partial charge in [0, 0.05) is 24.2 Å². The Labute approximate surface area is 128 Å². The Morgan fingerprint density at radius 2 is 2.25 bits per heavy atom. The van der Waals surface area contributed by atoms with Gasteiger partial charge in [0.25, 0.3) is 0 Å². The molecule has 0 radical (unpaired) electrons. The smallest absolute Gasteiger partial charge is 0.241 e. The molecule has 0 aromatic heterocycles. The Kier molecular flexibility index (Phi) is 5.57. The van der Waals surface area contributed by atoms with E-state index in [9.17, 15) is 8.42 Å². The van der Waals surface area contributed by atoms with Gasteiger partial charge in [-0.25, -0.2) is 13.1 Å². The zero-order valence-corrected chi connectivity index (χ0v) is 13.5. The van der Waals surface area contributed by atoms with E-state index in [0.29, 0.717) is 24.2 Å². The summed E-state index contributed by atoms with van der Waals surface area (Å²) in [5.41, 5.74) is 6.42. The summed E-state index contributed by atoms with van der Waals surface area (Å²) < 4.78 is 33.1. The van der Waals surface area contributed by atoms with Crippen LogP contribution in [0.5, 0.6) is 0 Å². The lowest BCUT2D eigenvalue weighted by Gasteiger charge is -2.22. The number of nitrogens with one attached hydrogen (secondary N) is 1. The number of nitrogens with two attached hydrogens (primary N) is 1. The maximum atomic E-state index is 12.3. The van der Waals surface area contributed by atoms with Crippen molar-refractivity contribution in [1.29, 1.82) is 0 Å². The van der Waals surface area contributed by atoms with Gasteiger partial charge in [-0.3, -0.25) is 0 Å². The van der Waals surface area contributed by atoms with Crippen LogP contribution in [-0.2, 0) is 21.3 Å². The predicted octanol–water partition coefficient (Wildman–Crippen LogP) is 1.61. The molecule has 2 rings (SSSR count). The summed E-state index contributed by atoms with van der Waals surface area (Å²) in [5.74, 6) is 0.251. The Morgan fingerprint density at radius 3 is 2.85 bits per heavy atom. The van der Waals surface area contributed by atoms with Crippen LogP contribution in [0.2, 0.25) is 0 Å². The molecule has 0 spiro atoms. The van der Waals surface area contributed by atoms with E-state index in [1.165, 1.54) is 0 Å². The topological polar surface area (TPSA) is 81.4 Å². The molecule has 0 saturated carbocycles. The minimum Gasteiger partial charge on any atom is -0.381 e. The molecule has 1 heterocycles. The molecule has 1 fully saturated rings. The third-order valence-corrected chi connectivity index (χ3v) is 5.74. The van der Waals surface area contributed by atoms with Crippen molar-refractivity contribution in [3.05, 3.63) is 28.2 Å². The number of halogens is 1. The lowest BCUT2D eigenvalue weighted by Crippen LogP contribution is -2.33. The van der Waals surface area contributed by atoms with E-state index in [-0.39, 0.29) is 10.8 Å². The molecule has 1 unspecified atom stereocenters. The van der Waals surface area contributed by atoms with Gasteiger partial charge in [0.15, 0.2) is 0 Å². The molecule has 0 bridgehead atoms. The van der Waals surface area contributed by atoms with Crippen LogP contribution in [0.15, 0.2) is 27.6 Å². The number of hydrogen-bond donors (Lipinski definition) is 2. The molecule has 1 aliphatic heterocycles. The highest BCUT2D eigenvalue weighted by molar-refractivity contribution is 9.10. The van der Waals surface area contributed by atoms with Crippen LogP contribution in [0.25, 0.3) is 0 Å². The molecule has 112 valence electrons. The van der Waals surface area contributed by atoms with Crippen molar-refractivity contribution in [3.63, 3.8) is 0 Å². The molecular formula is C13H19BrN2O3S. The Balaban J connectivity index is 2.05. The fourth-order valence-electron chi connectivity index (χ4n) is 2.16. The van der Waals surface area contributed by atoms with E-state index < -0.39 is 10.0 Å². The zero-order valence-electron chi connectivity index (χ0n) is 11.1. The van der Waals surface area contributed by atoms with Crippen molar-refractivity contribution in [1.82, 2.24) is 4.72 Å². The van der Waals surface area contributed by atoms with Gasteiger partial charge in [-0.2, -0.15) is 0 Å². The monoisotopic (exact) mass is 362 g/mol. The highest BCUT2D eigenvalue weighted by Gasteiger charge is 2.21. The summed E-state index contributed by atoms with van der Waals surface area (Å²) in [7, 11) is -3.51. The maximum Gasteiger partial charge on any atom is 0.241 e. The molecule has 1 saturated heterocycles. The highest BCUT2D eigenvalue weighted by atomic mass is 79.9. The van der Waals surface area contributed by atoms with E-state index in [2.05, 4.69) is 20.7 Å². The normalized spacial score (nSPS) is 20.0. The minimum absolute atomic E-state index is 0.242. The van der Waals surface area contributed by atoms with Crippen molar-refractivity contribution in [2.45, 2.75) is 24.3 Å². The Bertz CT molecular complexity index is 557. The molecule has 5 nitrogen and oxygen atoms in total. The molecule has 1 aromatic carbocycles. The molecule has 1 atom stereocenters. The summed E-state index contributed by atoms with van der Waals surface area (Å²) in [4.78, 5) is 0.242. The second kappa shape index (κ2) is 7.00. The number of benzene rings is 1. The summed E-state index contributed by atoms with van der Waals surface area (Å²) >= 11 is 3.29. The highest BCUT2D eigenvalue weighted by Crippen LogP contribution is 2.23.